The number of carboxylic acids is 1. The molecule has 2 atom stereocenters. The average molecular weight is 586 g/mol. The number of benzene rings is 3. The Morgan fingerprint density at radius 3 is 2.71 bits per heavy atom. The zero-order chi connectivity index (χ0) is 29.6. The highest BCUT2D eigenvalue weighted by atomic mass is 35.5. The van der Waals surface area contributed by atoms with Gasteiger partial charge in [0.15, 0.2) is 0 Å². The number of carboxylic acid groups (broad SMARTS) is 1. The third-order valence-electron chi connectivity index (χ3n) is 7.59. The fourth-order valence-electron chi connectivity index (χ4n) is 5.47. The summed E-state index contributed by atoms with van der Waals surface area (Å²) in [5.41, 5.74) is 6.44. The Bertz CT molecular complexity index is 1660. The lowest BCUT2D eigenvalue weighted by Crippen LogP contribution is -2.39. The van der Waals surface area contributed by atoms with Crippen LogP contribution in [0.5, 0.6) is 5.75 Å². The van der Waals surface area contributed by atoms with Gasteiger partial charge in [-0.3, -0.25) is 15.1 Å². The van der Waals surface area contributed by atoms with Crippen molar-refractivity contribution in [2.45, 2.75) is 44.4 Å². The SMILES string of the molecule is N#Cc1cncc(COc2cc(C[C@H]3CCc4c(-c5ccccc5F)cccc43)c(Cl)cc2CNC(CO)C(=O)O)c1. The number of fused-ring (bicyclic) bond motifs is 1. The first-order valence-corrected chi connectivity index (χ1v) is 14.0. The standard InChI is InChI=1S/C33H29ClFN3O4/c34-29-12-24(17-38-31(18-39)33(40)41)32(42-19-21-10-20(14-36)15-37-16-21)13-23(29)11-22-8-9-27-25(22)5-3-6-26(27)28-4-1-2-7-30(28)35/h1-7,10,12-13,15-16,22,31,38-39H,8-9,11,17-19H2,(H,40,41)/t22-,31?/m1/s1. The molecule has 3 N–H and O–H groups in total. The molecule has 0 saturated carbocycles. The molecule has 9 heteroatoms. The summed E-state index contributed by atoms with van der Waals surface area (Å²) < 4.78 is 20.8. The first-order valence-electron chi connectivity index (χ1n) is 13.6. The number of nitrogens with zero attached hydrogens (tertiary/aromatic N) is 2. The first-order chi connectivity index (χ1) is 20.4. The van der Waals surface area contributed by atoms with Gasteiger partial charge in [0.1, 0.15) is 30.3 Å². The van der Waals surface area contributed by atoms with Gasteiger partial charge in [0.2, 0.25) is 0 Å². The van der Waals surface area contributed by atoms with Gasteiger partial charge in [0.05, 0.1) is 12.2 Å². The van der Waals surface area contributed by atoms with Gasteiger partial charge >= 0.3 is 5.97 Å². The summed E-state index contributed by atoms with van der Waals surface area (Å²) in [6.45, 7) is -0.335. The third-order valence-corrected chi connectivity index (χ3v) is 7.94. The van der Waals surface area contributed by atoms with Crippen LogP contribution in [-0.4, -0.2) is 33.8 Å². The topological polar surface area (TPSA) is 115 Å². The fraction of sp³-hybridized carbons (Fsp3) is 0.242. The number of nitrogens with one attached hydrogen (secondary N) is 1. The van der Waals surface area contributed by atoms with Gasteiger partial charge in [-0.25, -0.2) is 4.39 Å². The van der Waals surface area contributed by atoms with Gasteiger partial charge in [-0.2, -0.15) is 5.26 Å². The molecule has 1 unspecified atom stereocenters. The Kier molecular flexibility index (Phi) is 9.13. The molecular formula is C33H29ClFN3O4. The molecule has 0 saturated heterocycles. The minimum Gasteiger partial charge on any atom is -0.489 e. The fourth-order valence-corrected chi connectivity index (χ4v) is 5.73. The number of aliphatic hydroxyl groups excluding tert-OH is 1. The largest absolute Gasteiger partial charge is 0.489 e. The van der Waals surface area contributed by atoms with Crippen LogP contribution in [0.15, 0.2) is 73.1 Å². The van der Waals surface area contributed by atoms with E-state index in [0.29, 0.717) is 39.4 Å². The van der Waals surface area contributed by atoms with Crippen LogP contribution >= 0.6 is 11.6 Å². The smallest absolute Gasteiger partial charge is 0.323 e. The number of hydrogen-bond acceptors (Lipinski definition) is 6. The second kappa shape index (κ2) is 13.1. The summed E-state index contributed by atoms with van der Waals surface area (Å²) in [6.07, 6.45) is 5.44. The minimum atomic E-state index is -1.17. The Hall–Kier alpha value is -4.29. The van der Waals surface area contributed by atoms with Crippen molar-refractivity contribution in [2.75, 3.05) is 6.61 Å². The molecular weight excluding hydrogens is 557 g/mol. The van der Waals surface area contributed by atoms with Crippen molar-refractivity contribution in [3.63, 3.8) is 0 Å². The van der Waals surface area contributed by atoms with Crippen LogP contribution in [-0.2, 0) is 30.8 Å². The number of halogens is 2. The maximum absolute atomic E-state index is 14.6. The van der Waals surface area contributed by atoms with Crippen LogP contribution in [0, 0.1) is 17.1 Å². The van der Waals surface area contributed by atoms with E-state index in [1.54, 1.807) is 30.5 Å². The summed E-state index contributed by atoms with van der Waals surface area (Å²) >= 11 is 6.78. The highest BCUT2D eigenvalue weighted by molar-refractivity contribution is 6.31. The Morgan fingerprint density at radius 1 is 1.14 bits per heavy atom. The number of ether oxygens (including phenoxy) is 1. The predicted molar refractivity (Wildman–Crippen MR) is 157 cm³/mol. The third kappa shape index (κ3) is 6.44. The molecule has 3 aromatic carbocycles. The lowest BCUT2D eigenvalue weighted by Gasteiger charge is -2.19. The van der Waals surface area contributed by atoms with E-state index < -0.39 is 18.6 Å². The molecule has 0 aliphatic heterocycles. The molecule has 0 fully saturated rings. The number of pyridine rings is 1. The zero-order valence-corrected chi connectivity index (χ0v) is 23.4. The van der Waals surface area contributed by atoms with Crippen molar-refractivity contribution in [1.82, 2.24) is 10.3 Å². The van der Waals surface area contributed by atoms with Crippen molar-refractivity contribution in [3.8, 4) is 22.9 Å². The molecule has 1 aliphatic rings. The number of aliphatic carboxylic acids is 1. The van der Waals surface area contributed by atoms with Gasteiger partial charge < -0.3 is 14.9 Å². The van der Waals surface area contributed by atoms with Crippen LogP contribution in [0.1, 0.15) is 45.7 Å². The summed E-state index contributed by atoms with van der Waals surface area (Å²) in [4.78, 5) is 15.5. The monoisotopic (exact) mass is 585 g/mol. The van der Waals surface area contributed by atoms with Crippen molar-refractivity contribution in [1.29, 1.82) is 5.26 Å². The van der Waals surface area contributed by atoms with Crippen LogP contribution in [0.25, 0.3) is 11.1 Å². The molecule has 42 heavy (non-hydrogen) atoms. The normalized spacial score (nSPS) is 14.7. The van der Waals surface area contributed by atoms with E-state index >= 15 is 0 Å². The molecule has 1 aromatic heterocycles. The van der Waals surface area contributed by atoms with Gasteiger partial charge in [-0.1, -0.05) is 48.0 Å². The van der Waals surface area contributed by atoms with Crippen molar-refractivity contribution >= 4 is 17.6 Å². The molecule has 1 aliphatic carbocycles. The van der Waals surface area contributed by atoms with Crippen molar-refractivity contribution in [3.05, 3.63) is 117 Å². The summed E-state index contributed by atoms with van der Waals surface area (Å²) in [6, 6.07) is 19.1. The summed E-state index contributed by atoms with van der Waals surface area (Å²) in [5.74, 6) is -0.741. The summed E-state index contributed by atoms with van der Waals surface area (Å²) in [5, 5.41) is 31.3. The van der Waals surface area contributed by atoms with Gasteiger partial charge in [-0.05, 0) is 71.7 Å². The van der Waals surface area contributed by atoms with Crippen LogP contribution in [0.4, 0.5) is 4.39 Å². The number of aromatic nitrogens is 1. The van der Waals surface area contributed by atoms with E-state index in [0.717, 1.165) is 29.5 Å². The second-order valence-electron chi connectivity index (χ2n) is 10.3. The highest BCUT2D eigenvalue weighted by Crippen LogP contribution is 2.42. The van der Waals surface area contributed by atoms with Gasteiger partial charge in [-0.15, -0.1) is 0 Å². The number of aliphatic hydroxyl groups is 1. The molecule has 7 nitrogen and oxygen atoms in total. The maximum atomic E-state index is 14.6. The second-order valence-corrected chi connectivity index (χ2v) is 10.7. The van der Waals surface area contributed by atoms with Gasteiger partial charge in [0.25, 0.3) is 0 Å². The van der Waals surface area contributed by atoms with Gasteiger partial charge in [0, 0.05) is 40.7 Å². The van der Waals surface area contributed by atoms with Crippen LogP contribution in [0.3, 0.4) is 0 Å². The zero-order valence-electron chi connectivity index (χ0n) is 22.7. The number of carbonyl (C=O) groups is 1. The van der Waals surface area contributed by atoms with Crippen LogP contribution in [0.2, 0.25) is 5.02 Å². The van der Waals surface area contributed by atoms with E-state index in [2.05, 4.69) is 22.4 Å². The number of rotatable bonds is 11. The Balaban J connectivity index is 1.43. The maximum Gasteiger partial charge on any atom is 0.323 e. The quantitative estimate of drug-likeness (QED) is 0.204. The van der Waals surface area contributed by atoms with Crippen LogP contribution < -0.4 is 10.1 Å². The average Bonchev–Trinajstić information content (AvgIpc) is 3.41. The molecule has 1 heterocycles. The molecule has 5 rings (SSSR count). The van der Waals surface area contributed by atoms with E-state index in [1.165, 1.54) is 17.8 Å². The molecule has 0 spiro atoms. The molecule has 0 amide bonds. The van der Waals surface area contributed by atoms with Crippen molar-refractivity contribution in [2.24, 2.45) is 0 Å². The summed E-state index contributed by atoms with van der Waals surface area (Å²) in [7, 11) is 0. The lowest BCUT2D eigenvalue weighted by molar-refractivity contribution is -0.140. The number of nitriles is 1. The van der Waals surface area contributed by atoms with E-state index in [1.807, 2.05) is 24.3 Å². The first kappa shape index (κ1) is 29.2. The molecule has 0 bridgehead atoms. The van der Waals surface area contributed by atoms with E-state index in [9.17, 15) is 24.7 Å². The Labute approximate surface area is 248 Å². The Morgan fingerprint density at radius 2 is 1.95 bits per heavy atom. The molecule has 214 valence electrons. The lowest BCUT2D eigenvalue weighted by atomic mass is 9.90. The molecule has 4 aromatic rings. The highest BCUT2D eigenvalue weighted by Gasteiger charge is 2.27. The number of hydrogen-bond donors (Lipinski definition) is 3. The minimum absolute atomic E-state index is 0.0988. The van der Waals surface area contributed by atoms with E-state index in [-0.39, 0.29) is 24.9 Å². The van der Waals surface area contributed by atoms with Crippen molar-refractivity contribution < 1.29 is 24.1 Å². The van der Waals surface area contributed by atoms with E-state index in [4.69, 9.17) is 16.3 Å². The predicted octanol–water partition coefficient (Wildman–Crippen LogP) is 5.80. The molecule has 0 radical (unpaired) electrons.